The first kappa shape index (κ1) is 18.9. The van der Waals surface area contributed by atoms with Crippen molar-refractivity contribution in [3.8, 4) is 0 Å². The van der Waals surface area contributed by atoms with E-state index in [4.69, 9.17) is 0 Å². The molecule has 1 atom stereocenters. The molecule has 2 aromatic rings. The topological polar surface area (TPSA) is 113 Å². The Bertz CT molecular complexity index is 968. The first-order valence-electron chi connectivity index (χ1n) is 9.52. The number of nitrogens with one attached hydrogen (secondary N) is 1. The number of nitro groups is 1. The molecule has 1 aliphatic carbocycles. The molecule has 2 aromatic carbocycles. The Morgan fingerprint density at radius 2 is 1.83 bits per heavy atom. The van der Waals surface area contributed by atoms with Crippen molar-refractivity contribution < 1.29 is 19.6 Å². The molecule has 0 radical (unpaired) electrons. The summed E-state index contributed by atoms with van der Waals surface area (Å²) in [6.07, 6.45) is 1.99. The number of carbonyl (C=O) groups is 2. The van der Waals surface area contributed by atoms with E-state index in [0.29, 0.717) is 43.7 Å². The molecular formula is C21H21N3O5. The minimum atomic E-state index is -0.762. The highest BCUT2D eigenvalue weighted by Gasteiger charge is 2.59. The van der Waals surface area contributed by atoms with Crippen LogP contribution in [-0.2, 0) is 4.79 Å². The summed E-state index contributed by atoms with van der Waals surface area (Å²) in [5.41, 5.74) is 0.960. The molecule has 8 heteroatoms. The van der Waals surface area contributed by atoms with Gasteiger partial charge in [-0.3, -0.25) is 19.7 Å². The van der Waals surface area contributed by atoms with Crippen LogP contribution in [0.1, 0.15) is 29.6 Å². The summed E-state index contributed by atoms with van der Waals surface area (Å²) in [5, 5.41) is 23.7. The van der Waals surface area contributed by atoms with E-state index >= 15 is 0 Å². The highest BCUT2D eigenvalue weighted by molar-refractivity contribution is 5.96. The second-order valence-corrected chi connectivity index (χ2v) is 7.73. The van der Waals surface area contributed by atoms with Crippen LogP contribution in [-0.4, -0.2) is 39.9 Å². The SMILES string of the molecule is O=C(O)C1CC12CCN(C(=O)c1ccc(Nc3ccccc3)c([N+](=O)[O-])c1)CC2. The van der Waals surface area contributed by atoms with Crippen molar-refractivity contribution in [2.24, 2.45) is 11.3 Å². The quantitative estimate of drug-likeness (QED) is 0.590. The van der Waals surface area contributed by atoms with Gasteiger partial charge in [0.2, 0.25) is 0 Å². The fraction of sp³-hybridized carbons (Fsp3) is 0.333. The number of rotatable bonds is 5. The maximum atomic E-state index is 12.9. The largest absolute Gasteiger partial charge is 0.481 e. The van der Waals surface area contributed by atoms with E-state index in [1.165, 1.54) is 6.07 Å². The lowest BCUT2D eigenvalue weighted by Crippen LogP contribution is -2.40. The number of anilines is 2. The third kappa shape index (κ3) is 3.65. The molecule has 150 valence electrons. The summed E-state index contributed by atoms with van der Waals surface area (Å²) in [7, 11) is 0. The van der Waals surface area contributed by atoms with Crippen LogP contribution >= 0.6 is 0 Å². The number of hydrogen-bond acceptors (Lipinski definition) is 5. The van der Waals surface area contributed by atoms with Crippen molar-refractivity contribution in [2.75, 3.05) is 18.4 Å². The van der Waals surface area contributed by atoms with Gasteiger partial charge in [0.05, 0.1) is 10.8 Å². The van der Waals surface area contributed by atoms with E-state index in [9.17, 15) is 24.8 Å². The van der Waals surface area contributed by atoms with Crippen LogP contribution in [0.25, 0.3) is 0 Å². The number of carboxylic acid groups (broad SMARTS) is 1. The second kappa shape index (κ2) is 7.20. The number of hydrogen-bond donors (Lipinski definition) is 2. The molecule has 8 nitrogen and oxygen atoms in total. The molecule has 4 rings (SSSR count). The van der Waals surface area contributed by atoms with Gasteiger partial charge in [-0.1, -0.05) is 18.2 Å². The standard InChI is InChI=1S/C21H21N3O5/c25-19(23-10-8-21(9-11-23)13-16(21)20(26)27)14-6-7-17(18(12-14)24(28)29)22-15-4-2-1-3-5-15/h1-7,12,16,22H,8-11,13H2,(H,26,27). The number of aliphatic carboxylic acids is 1. The molecular weight excluding hydrogens is 374 g/mol. The lowest BCUT2D eigenvalue weighted by atomic mass is 9.90. The van der Waals surface area contributed by atoms with Gasteiger partial charge in [-0.25, -0.2) is 0 Å². The fourth-order valence-electron chi connectivity index (χ4n) is 4.19. The van der Waals surface area contributed by atoms with Crippen LogP contribution in [0, 0.1) is 21.4 Å². The van der Waals surface area contributed by atoms with Crippen molar-refractivity contribution in [3.05, 3.63) is 64.2 Å². The predicted molar refractivity (Wildman–Crippen MR) is 106 cm³/mol. The predicted octanol–water partition coefficient (Wildman–Crippen LogP) is 3.67. The number of amides is 1. The zero-order valence-corrected chi connectivity index (χ0v) is 15.7. The Hall–Kier alpha value is -3.42. The molecule has 1 aliphatic heterocycles. The highest BCUT2D eigenvalue weighted by atomic mass is 16.6. The van der Waals surface area contributed by atoms with Gasteiger partial charge in [-0.05, 0) is 48.9 Å². The summed E-state index contributed by atoms with van der Waals surface area (Å²) in [4.78, 5) is 36.7. The molecule has 2 aliphatic rings. The summed E-state index contributed by atoms with van der Waals surface area (Å²) >= 11 is 0. The van der Waals surface area contributed by atoms with Crippen molar-refractivity contribution in [3.63, 3.8) is 0 Å². The van der Waals surface area contributed by atoms with Gasteiger partial charge in [0.15, 0.2) is 0 Å². The maximum Gasteiger partial charge on any atom is 0.307 e. The van der Waals surface area contributed by atoms with Gasteiger partial charge in [-0.2, -0.15) is 0 Å². The first-order valence-corrected chi connectivity index (χ1v) is 9.52. The Kier molecular flexibility index (Phi) is 4.70. The minimum absolute atomic E-state index is 0.165. The summed E-state index contributed by atoms with van der Waals surface area (Å²) < 4.78 is 0. The molecule has 29 heavy (non-hydrogen) atoms. The minimum Gasteiger partial charge on any atom is -0.481 e. The van der Waals surface area contributed by atoms with Crippen LogP contribution in [0.4, 0.5) is 17.1 Å². The monoisotopic (exact) mass is 395 g/mol. The fourth-order valence-corrected chi connectivity index (χ4v) is 4.19. The smallest absolute Gasteiger partial charge is 0.307 e. The average molecular weight is 395 g/mol. The molecule has 1 heterocycles. The zero-order chi connectivity index (χ0) is 20.6. The number of benzene rings is 2. The van der Waals surface area contributed by atoms with E-state index in [0.717, 1.165) is 0 Å². The molecule has 1 saturated carbocycles. The van der Waals surface area contributed by atoms with E-state index in [2.05, 4.69) is 5.32 Å². The number of carbonyl (C=O) groups excluding carboxylic acids is 1. The van der Waals surface area contributed by atoms with E-state index < -0.39 is 10.9 Å². The average Bonchev–Trinajstić information content (AvgIpc) is 3.42. The van der Waals surface area contributed by atoms with E-state index in [1.807, 2.05) is 18.2 Å². The number of nitro benzene ring substituents is 1. The van der Waals surface area contributed by atoms with Crippen LogP contribution in [0.5, 0.6) is 0 Å². The summed E-state index contributed by atoms with van der Waals surface area (Å²) in [6.45, 7) is 0.945. The van der Waals surface area contributed by atoms with Crippen LogP contribution in [0.3, 0.4) is 0 Å². The van der Waals surface area contributed by atoms with Crippen molar-refractivity contribution >= 4 is 28.9 Å². The van der Waals surface area contributed by atoms with Crippen molar-refractivity contribution in [2.45, 2.75) is 19.3 Å². The second-order valence-electron chi connectivity index (χ2n) is 7.73. The summed E-state index contributed by atoms with van der Waals surface area (Å²) in [6, 6.07) is 13.5. The van der Waals surface area contributed by atoms with E-state index in [1.54, 1.807) is 29.2 Å². The van der Waals surface area contributed by atoms with E-state index in [-0.39, 0.29) is 28.5 Å². The lowest BCUT2D eigenvalue weighted by Gasteiger charge is -2.32. The van der Waals surface area contributed by atoms with Gasteiger partial charge in [0.25, 0.3) is 11.6 Å². The molecule has 2 fully saturated rings. The molecule has 0 aromatic heterocycles. The number of carboxylic acids is 1. The van der Waals surface area contributed by atoms with Crippen LogP contribution < -0.4 is 5.32 Å². The Balaban J connectivity index is 1.49. The molecule has 1 saturated heterocycles. The Morgan fingerprint density at radius 3 is 2.41 bits per heavy atom. The third-order valence-electron chi connectivity index (χ3n) is 6.03. The van der Waals surface area contributed by atoms with Gasteiger partial charge in [0.1, 0.15) is 5.69 Å². The van der Waals surface area contributed by atoms with Crippen LogP contribution in [0.2, 0.25) is 0 Å². The van der Waals surface area contributed by atoms with Gasteiger partial charge >= 0.3 is 5.97 Å². The third-order valence-corrected chi connectivity index (χ3v) is 6.03. The number of piperidine rings is 1. The zero-order valence-electron chi connectivity index (χ0n) is 15.7. The molecule has 1 spiro atoms. The van der Waals surface area contributed by atoms with Gasteiger partial charge < -0.3 is 15.3 Å². The van der Waals surface area contributed by atoms with Crippen molar-refractivity contribution in [1.82, 2.24) is 4.90 Å². The number of para-hydroxylation sites is 1. The molecule has 1 unspecified atom stereocenters. The number of likely N-dealkylation sites (tertiary alicyclic amines) is 1. The van der Waals surface area contributed by atoms with Crippen molar-refractivity contribution in [1.29, 1.82) is 0 Å². The lowest BCUT2D eigenvalue weighted by molar-refractivity contribution is -0.383. The van der Waals surface area contributed by atoms with Crippen LogP contribution in [0.15, 0.2) is 48.5 Å². The normalized spacial score (nSPS) is 19.6. The molecule has 0 bridgehead atoms. The first-order chi connectivity index (χ1) is 13.9. The molecule has 1 amide bonds. The molecule has 2 N–H and O–H groups in total. The van der Waals surface area contributed by atoms with Gasteiger partial charge in [0, 0.05) is 30.4 Å². The van der Waals surface area contributed by atoms with Gasteiger partial charge in [-0.15, -0.1) is 0 Å². The highest BCUT2D eigenvalue weighted by Crippen LogP contribution is 2.59. The Labute approximate surface area is 167 Å². The summed E-state index contributed by atoms with van der Waals surface area (Å²) in [5.74, 6) is -1.33. The maximum absolute atomic E-state index is 12.9. The Morgan fingerprint density at radius 1 is 1.14 bits per heavy atom. The number of nitrogens with zero attached hydrogens (tertiary/aromatic N) is 2.